The third-order valence-electron chi connectivity index (χ3n) is 10.7. The molecule has 0 aromatic heterocycles. The van der Waals surface area contributed by atoms with E-state index >= 15 is 0 Å². The molecular formula is C52H93NO3. The van der Waals surface area contributed by atoms with Gasteiger partial charge in [-0.1, -0.05) is 234 Å². The van der Waals surface area contributed by atoms with E-state index in [-0.39, 0.29) is 12.5 Å². The fraction of sp³-hybridized carbons (Fsp3) is 0.750. The highest BCUT2D eigenvalue weighted by Crippen LogP contribution is 2.16. The first-order valence-corrected chi connectivity index (χ1v) is 24.2. The Morgan fingerprint density at radius 2 is 0.786 bits per heavy atom. The number of unbranched alkanes of at least 4 members (excludes halogenated alkanes) is 26. The topological polar surface area (TPSA) is 69.6 Å². The zero-order valence-corrected chi connectivity index (χ0v) is 37.1. The van der Waals surface area contributed by atoms with Crippen LogP contribution in [0.2, 0.25) is 0 Å². The van der Waals surface area contributed by atoms with Crippen LogP contribution in [-0.4, -0.2) is 34.9 Å². The summed E-state index contributed by atoms with van der Waals surface area (Å²) in [5.74, 6) is -0.0667. The molecule has 2 unspecified atom stereocenters. The van der Waals surface area contributed by atoms with Crippen LogP contribution in [0, 0.1) is 0 Å². The lowest BCUT2D eigenvalue weighted by Crippen LogP contribution is -2.45. The predicted octanol–water partition coefficient (Wildman–Crippen LogP) is 15.5. The lowest BCUT2D eigenvalue weighted by molar-refractivity contribution is -0.123. The molecular weight excluding hydrogens is 687 g/mol. The Labute approximate surface area is 349 Å². The van der Waals surface area contributed by atoms with Crippen molar-refractivity contribution < 1.29 is 15.0 Å². The quantitative estimate of drug-likeness (QED) is 0.0426. The third-order valence-corrected chi connectivity index (χ3v) is 10.7. The number of aliphatic hydroxyl groups excluding tert-OH is 2. The van der Waals surface area contributed by atoms with Crippen molar-refractivity contribution in [3.8, 4) is 0 Å². The zero-order chi connectivity index (χ0) is 40.7. The van der Waals surface area contributed by atoms with Crippen LogP contribution in [0.5, 0.6) is 0 Å². The van der Waals surface area contributed by atoms with Gasteiger partial charge in [0.1, 0.15) is 0 Å². The smallest absolute Gasteiger partial charge is 0.220 e. The van der Waals surface area contributed by atoms with Crippen LogP contribution in [-0.2, 0) is 4.79 Å². The van der Waals surface area contributed by atoms with Crippen LogP contribution in [0.25, 0.3) is 0 Å². The third kappa shape index (κ3) is 43.0. The molecule has 0 heterocycles. The Bertz CT molecular complexity index is 977. The molecule has 2 atom stereocenters. The van der Waals surface area contributed by atoms with Gasteiger partial charge in [0.2, 0.25) is 5.91 Å². The summed E-state index contributed by atoms with van der Waals surface area (Å²) in [6, 6.07) is -0.620. The lowest BCUT2D eigenvalue weighted by atomic mass is 10.0. The molecule has 0 spiro atoms. The standard InChI is InChI=1S/C52H93NO3/c1-3-5-7-9-11-13-14-15-16-17-18-19-20-21-22-23-24-25-26-27-28-29-30-31-32-33-34-35-36-37-38-40-42-44-46-48-52(56)53-50(49-54)51(55)47-45-43-41-39-12-10-8-6-4-2/h5,7,11,13,15-16,18-19,21-22,45,47,50-51,54-55H,3-4,6,8-10,12,14,17,20,23-44,46,48-49H2,1-2H3,(H,53,56)/b7-5-,13-11-,16-15-,19-18-,22-21-,47-45+. The Morgan fingerprint density at radius 1 is 0.446 bits per heavy atom. The van der Waals surface area contributed by atoms with E-state index in [0.29, 0.717) is 6.42 Å². The van der Waals surface area contributed by atoms with Crippen molar-refractivity contribution in [1.82, 2.24) is 5.32 Å². The Hall–Kier alpha value is -2.17. The van der Waals surface area contributed by atoms with Crippen molar-refractivity contribution in [2.75, 3.05) is 6.61 Å². The molecule has 324 valence electrons. The van der Waals surface area contributed by atoms with Crippen molar-refractivity contribution in [3.63, 3.8) is 0 Å². The average Bonchev–Trinajstić information content (AvgIpc) is 3.20. The first-order valence-electron chi connectivity index (χ1n) is 24.2. The molecule has 0 rings (SSSR count). The molecule has 0 aliphatic carbocycles. The van der Waals surface area contributed by atoms with E-state index in [0.717, 1.165) is 57.8 Å². The number of rotatable bonds is 43. The van der Waals surface area contributed by atoms with Gasteiger partial charge >= 0.3 is 0 Å². The normalized spacial score (nSPS) is 13.6. The summed E-state index contributed by atoms with van der Waals surface area (Å²) >= 11 is 0. The number of hydrogen-bond donors (Lipinski definition) is 3. The van der Waals surface area contributed by atoms with Gasteiger partial charge in [-0.15, -0.1) is 0 Å². The molecule has 0 aliphatic heterocycles. The zero-order valence-electron chi connectivity index (χ0n) is 37.1. The molecule has 3 N–H and O–H groups in total. The SMILES string of the molecule is CC/C=C\C/C=C\C/C=C\C/C=C\C/C=C\CCCCCCCCCCCCCCCCCCCCCC(=O)NC(CO)C(O)/C=C/CCCCCCCCC. The maximum absolute atomic E-state index is 12.4. The second-order valence-electron chi connectivity index (χ2n) is 16.1. The van der Waals surface area contributed by atoms with Crippen molar-refractivity contribution in [2.45, 2.75) is 244 Å². The number of amides is 1. The van der Waals surface area contributed by atoms with Crippen LogP contribution < -0.4 is 5.32 Å². The van der Waals surface area contributed by atoms with Gasteiger partial charge in [0.15, 0.2) is 0 Å². The van der Waals surface area contributed by atoms with E-state index in [1.807, 2.05) is 6.08 Å². The van der Waals surface area contributed by atoms with E-state index in [4.69, 9.17) is 0 Å². The number of carbonyl (C=O) groups is 1. The first kappa shape index (κ1) is 53.8. The number of aliphatic hydroxyl groups is 2. The number of carbonyl (C=O) groups excluding carboxylic acids is 1. The highest BCUT2D eigenvalue weighted by atomic mass is 16.3. The highest BCUT2D eigenvalue weighted by Gasteiger charge is 2.17. The second kappa shape index (κ2) is 47.2. The minimum absolute atomic E-state index is 0.0667. The molecule has 0 aromatic carbocycles. The van der Waals surface area contributed by atoms with Gasteiger partial charge in [-0.3, -0.25) is 4.79 Å². The van der Waals surface area contributed by atoms with E-state index in [9.17, 15) is 15.0 Å². The van der Waals surface area contributed by atoms with Gasteiger partial charge in [0, 0.05) is 6.42 Å². The minimum atomic E-state index is -0.837. The van der Waals surface area contributed by atoms with Gasteiger partial charge in [0.05, 0.1) is 18.8 Å². The molecule has 0 aliphatic rings. The molecule has 0 saturated carbocycles. The van der Waals surface area contributed by atoms with E-state index in [1.165, 1.54) is 154 Å². The fourth-order valence-electron chi connectivity index (χ4n) is 7.03. The van der Waals surface area contributed by atoms with Gasteiger partial charge in [-0.2, -0.15) is 0 Å². The van der Waals surface area contributed by atoms with Crippen LogP contribution in [0.15, 0.2) is 72.9 Å². The molecule has 4 heteroatoms. The van der Waals surface area contributed by atoms with Crippen LogP contribution in [0.3, 0.4) is 0 Å². The molecule has 0 saturated heterocycles. The summed E-state index contributed by atoms with van der Waals surface area (Å²) in [6.45, 7) is 4.16. The molecule has 56 heavy (non-hydrogen) atoms. The number of nitrogens with one attached hydrogen (secondary N) is 1. The summed E-state index contributed by atoms with van der Waals surface area (Å²) in [6.07, 6.45) is 67.6. The van der Waals surface area contributed by atoms with E-state index < -0.39 is 12.1 Å². The fourth-order valence-corrected chi connectivity index (χ4v) is 7.03. The molecule has 0 radical (unpaired) electrons. The van der Waals surface area contributed by atoms with E-state index in [1.54, 1.807) is 6.08 Å². The van der Waals surface area contributed by atoms with Crippen LogP contribution in [0.1, 0.15) is 232 Å². The van der Waals surface area contributed by atoms with Crippen molar-refractivity contribution in [2.24, 2.45) is 0 Å². The summed E-state index contributed by atoms with van der Waals surface area (Å²) in [7, 11) is 0. The van der Waals surface area contributed by atoms with Gasteiger partial charge in [0.25, 0.3) is 0 Å². The highest BCUT2D eigenvalue weighted by molar-refractivity contribution is 5.76. The summed E-state index contributed by atoms with van der Waals surface area (Å²) in [5, 5.41) is 22.9. The Balaban J connectivity index is 3.44. The number of allylic oxidation sites excluding steroid dienone is 11. The summed E-state index contributed by atoms with van der Waals surface area (Å²) in [5.41, 5.74) is 0. The second-order valence-corrected chi connectivity index (χ2v) is 16.1. The van der Waals surface area contributed by atoms with Crippen molar-refractivity contribution in [3.05, 3.63) is 72.9 Å². The monoisotopic (exact) mass is 780 g/mol. The average molecular weight is 780 g/mol. The van der Waals surface area contributed by atoms with Gasteiger partial charge in [-0.25, -0.2) is 0 Å². The molecule has 0 aromatic rings. The number of hydrogen-bond acceptors (Lipinski definition) is 3. The Kier molecular flexibility index (Phi) is 45.4. The predicted molar refractivity (Wildman–Crippen MR) is 248 cm³/mol. The maximum atomic E-state index is 12.4. The van der Waals surface area contributed by atoms with E-state index in [2.05, 4.69) is 79.9 Å². The largest absolute Gasteiger partial charge is 0.394 e. The van der Waals surface area contributed by atoms with Crippen molar-refractivity contribution >= 4 is 5.91 Å². The maximum Gasteiger partial charge on any atom is 0.220 e. The van der Waals surface area contributed by atoms with Gasteiger partial charge in [-0.05, 0) is 64.2 Å². The van der Waals surface area contributed by atoms with Gasteiger partial charge < -0.3 is 15.5 Å². The minimum Gasteiger partial charge on any atom is -0.394 e. The lowest BCUT2D eigenvalue weighted by Gasteiger charge is -2.20. The molecule has 0 fully saturated rings. The first-order chi connectivity index (χ1) is 27.7. The summed E-state index contributed by atoms with van der Waals surface area (Å²) in [4.78, 5) is 12.4. The molecule has 0 bridgehead atoms. The molecule has 1 amide bonds. The van der Waals surface area contributed by atoms with Crippen molar-refractivity contribution in [1.29, 1.82) is 0 Å². The van der Waals surface area contributed by atoms with Crippen LogP contribution in [0.4, 0.5) is 0 Å². The Morgan fingerprint density at radius 3 is 1.18 bits per heavy atom. The molecule has 4 nitrogen and oxygen atoms in total. The summed E-state index contributed by atoms with van der Waals surface area (Å²) < 4.78 is 0. The van der Waals surface area contributed by atoms with Crippen LogP contribution >= 0.6 is 0 Å².